The molecule has 0 spiro atoms. The van der Waals surface area contributed by atoms with Crippen LogP contribution in [0.3, 0.4) is 0 Å². The number of ether oxygens (including phenoxy) is 1. The first-order valence-corrected chi connectivity index (χ1v) is 8.10. The lowest BCUT2D eigenvalue weighted by Crippen LogP contribution is -1.97. The molecule has 7 heteroatoms. The second kappa shape index (κ2) is 7.76. The average molecular weight is 448 g/mol. The zero-order valence-electron chi connectivity index (χ0n) is 11.1. The Labute approximate surface area is 149 Å². The van der Waals surface area contributed by atoms with Gasteiger partial charge in [0, 0.05) is 11.1 Å². The summed E-state index contributed by atoms with van der Waals surface area (Å²) in [5.41, 5.74) is 1.68. The second-order valence-electron chi connectivity index (χ2n) is 4.33. The number of rotatable bonds is 5. The smallest absolute Gasteiger partial charge is 0.235 e. The van der Waals surface area contributed by atoms with Gasteiger partial charge in [0.25, 0.3) is 0 Å². The fourth-order valence-corrected chi connectivity index (χ4v) is 3.27. The van der Waals surface area contributed by atoms with Crippen molar-refractivity contribution in [3.8, 4) is 5.75 Å². The minimum Gasteiger partial charge on any atom is -0.487 e. The molecule has 0 amide bonds. The standard InChI is InChI=1S/C15H10Br2ClNO3/c16-13-7-11(5-6-19(20)21)8-14(17)15(13)22-9-10-1-3-12(18)4-2-10/h1-8H,9H2. The lowest BCUT2D eigenvalue weighted by atomic mass is 10.2. The topological polar surface area (TPSA) is 52.4 Å². The fraction of sp³-hybridized carbons (Fsp3) is 0.0667. The Hall–Kier alpha value is -1.37. The number of halogens is 3. The maximum atomic E-state index is 10.4. The Kier molecular flexibility index (Phi) is 5.99. The van der Waals surface area contributed by atoms with Gasteiger partial charge in [0.1, 0.15) is 12.4 Å². The van der Waals surface area contributed by atoms with Gasteiger partial charge in [-0.15, -0.1) is 0 Å². The third-order valence-electron chi connectivity index (χ3n) is 2.71. The van der Waals surface area contributed by atoms with Crippen molar-refractivity contribution < 1.29 is 9.66 Å². The Balaban J connectivity index is 2.14. The van der Waals surface area contributed by atoms with Gasteiger partial charge in [0.15, 0.2) is 0 Å². The van der Waals surface area contributed by atoms with Crippen LogP contribution in [0.15, 0.2) is 51.5 Å². The molecule has 2 rings (SSSR count). The molecule has 0 atom stereocenters. The van der Waals surface area contributed by atoms with E-state index < -0.39 is 4.92 Å². The molecule has 0 N–H and O–H groups in total. The van der Waals surface area contributed by atoms with E-state index in [2.05, 4.69) is 31.9 Å². The van der Waals surface area contributed by atoms with Crippen LogP contribution in [0.2, 0.25) is 5.02 Å². The summed E-state index contributed by atoms with van der Waals surface area (Å²) in [4.78, 5) is 9.85. The number of nitrogens with zero attached hydrogens (tertiary/aromatic N) is 1. The lowest BCUT2D eigenvalue weighted by molar-refractivity contribution is -0.400. The number of hydrogen-bond donors (Lipinski definition) is 0. The van der Waals surface area contributed by atoms with Gasteiger partial charge < -0.3 is 4.74 Å². The van der Waals surface area contributed by atoms with Gasteiger partial charge in [0.2, 0.25) is 6.20 Å². The molecular formula is C15H10Br2ClNO3. The van der Waals surface area contributed by atoms with E-state index in [0.717, 1.165) is 11.8 Å². The fourth-order valence-electron chi connectivity index (χ4n) is 1.70. The van der Waals surface area contributed by atoms with Crippen LogP contribution < -0.4 is 4.74 Å². The van der Waals surface area contributed by atoms with Gasteiger partial charge >= 0.3 is 0 Å². The Bertz CT molecular complexity index is 694. The predicted octanol–water partition coefficient (Wildman–Crippen LogP) is 5.69. The van der Waals surface area contributed by atoms with E-state index in [9.17, 15) is 10.1 Å². The molecule has 0 unspecified atom stereocenters. The van der Waals surface area contributed by atoms with Crippen LogP contribution in [-0.4, -0.2) is 4.92 Å². The molecule has 0 saturated heterocycles. The molecule has 114 valence electrons. The largest absolute Gasteiger partial charge is 0.487 e. The number of benzene rings is 2. The van der Waals surface area contributed by atoms with E-state index in [4.69, 9.17) is 16.3 Å². The molecule has 0 aliphatic heterocycles. The second-order valence-corrected chi connectivity index (χ2v) is 6.48. The molecule has 0 aromatic heterocycles. The number of nitro groups is 1. The molecule has 0 saturated carbocycles. The van der Waals surface area contributed by atoms with Crippen molar-refractivity contribution in [2.75, 3.05) is 0 Å². The van der Waals surface area contributed by atoms with E-state index >= 15 is 0 Å². The van der Waals surface area contributed by atoms with Crippen molar-refractivity contribution in [2.24, 2.45) is 0 Å². The summed E-state index contributed by atoms with van der Waals surface area (Å²) in [7, 11) is 0. The summed E-state index contributed by atoms with van der Waals surface area (Å²) >= 11 is 12.7. The van der Waals surface area contributed by atoms with Gasteiger partial charge in [-0.3, -0.25) is 10.1 Å². The normalized spacial score (nSPS) is 10.9. The summed E-state index contributed by atoms with van der Waals surface area (Å²) < 4.78 is 7.19. The van der Waals surface area contributed by atoms with Crippen molar-refractivity contribution >= 4 is 49.5 Å². The monoisotopic (exact) mass is 445 g/mol. The van der Waals surface area contributed by atoms with Crippen molar-refractivity contribution in [3.63, 3.8) is 0 Å². The highest BCUT2D eigenvalue weighted by Crippen LogP contribution is 2.35. The minimum absolute atomic E-state index is 0.387. The molecule has 0 heterocycles. The highest BCUT2D eigenvalue weighted by atomic mass is 79.9. The Morgan fingerprint density at radius 2 is 1.77 bits per heavy atom. The van der Waals surface area contributed by atoms with E-state index in [1.165, 1.54) is 6.08 Å². The maximum absolute atomic E-state index is 10.4. The molecule has 22 heavy (non-hydrogen) atoms. The summed E-state index contributed by atoms with van der Waals surface area (Å²) in [5.74, 6) is 0.633. The minimum atomic E-state index is -0.507. The zero-order valence-corrected chi connectivity index (χ0v) is 15.1. The predicted molar refractivity (Wildman–Crippen MR) is 93.7 cm³/mol. The highest BCUT2D eigenvalue weighted by Gasteiger charge is 2.09. The molecule has 4 nitrogen and oxygen atoms in total. The molecule has 0 aliphatic carbocycles. The number of hydrogen-bond acceptors (Lipinski definition) is 3. The van der Waals surface area contributed by atoms with Crippen LogP contribution in [0.25, 0.3) is 6.08 Å². The molecule has 2 aromatic rings. The Morgan fingerprint density at radius 3 is 2.32 bits per heavy atom. The first kappa shape index (κ1) is 17.0. The maximum Gasteiger partial charge on any atom is 0.235 e. The van der Waals surface area contributed by atoms with Gasteiger partial charge in [-0.2, -0.15) is 0 Å². The van der Waals surface area contributed by atoms with Crippen molar-refractivity contribution in [1.82, 2.24) is 0 Å². The first-order valence-electron chi connectivity index (χ1n) is 6.13. The summed E-state index contributed by atoms with van der Waals surface area (Å²) in [6.45, 7) is 0.387. The van der Waals surface area contributed by atoms with Gasteiger partial charge in [-0.1, -0.05) is 23.7 Å². The third-order valence-corrected chi connectivity index (χ3v) is 4.14. The van der Waals surface area contributed by atoms with Crippen LogP contribution in [0, 0.1) is 10.1 Å². The van der Waals surface area contributed by atoms with Crippen LogP contribution in [0.5, 0.6) is 5.75 Å². The quantitative estimate of drug-likeness (QED) is 0.437. The van der Waals surface area contributed by atoms with Crippen molar-refractivity contribution in [3.05, 3.63) is 77.8 Å². The summed E-state index contributed by atoms with van der Waals surface area (Å²) in [6, 6.07) is 10.9. The van der Waals surface area contributed by atoms with Crippen LogP contribution >= 0.6 is 43.5 Å². The van der Waals surface area contributed by atoms with Gasteiger partial charge in [0.05, 0.1) is 13.9 Å². The summed E-state index contributed by atoms with van der Waals surface area (Å²) in [5, 5.41) is 11.0. The third kappa shape index (κ3) is 4.83. The molecule has 0 fully saturated rings. The van der Waals surface area contributed by atoms with Crippen LogP contribution in [-0.2, 0) is 6.61 Å². The SMILES string of the molecule is O=[N+]([O-])C=Cc1cc(Br)c(OCc2ccc(Cl)cc2)c(Br)c1. The molecule has 0 aliphatic rings. The van der Waals surface area contributed by atoms with Gasteiger partial charge in [-0.25, -0.2) is 0 Å². The molecular weight excluding hydrogens is 437 g/mol. The first-order chi connectivity index (χ1) is 10.5. The summed E-state index contributed by atoms with van der Waals surface area (Å²) in [6.07, 6.45) is 2.31. The molecule has 0 radical (unpaired) electrons. The van der Waals surface area contributed by atoms with Gasteiger partial charge in [-0.05, 0) is 67.3 Å². The average Bonchev–Trinajstić information content (AvgIpc) is 2.46. The van der Waals surface area contributed by atoms with Crippen LogP contribution in [0.1, 0.15) is 11.1 Å². The van der Waals surface area contributed by atoms with E-state index in [0.29, 0.717) is 31.9 Å². The lowest BCUT2D eigenvalue weighted by Gasteiger charge is -2.11. The van der Waals surface area contributed by atoms with E-state index in [-0.39, 0.29) is 0 Å². The van der Waals surface area contributed by atoms with E-state index in [1.807, 2.05) is 12.1 Å². The molecule has 0 bridgehead atoms. The highest BCUT2D eigenvalue weighted by molar-refractivity contribution is 9.11. The molecule has 2 aromatic carbocycles. The van der Waals surface area contributed by atoms with Crippen molar-refractivity contribution in [1.29, 1.82) is 0 Å². The van der Waals surface area contributed by atoms with E-state index in [1.54, 1.807) is 24.3 Å². The van der Waals surface area contributed by atoms with Crippen LogP contribution in [0.4, 0.5) is 0 Å². The zero-order chi connectivity index (χ0) is 16.1. The van der Waals surface area contributed by atoms with Crippen molar-refractivity contribution in [2.45, 2.75) is 6.61 Å². The Morgan fingerprint density at radius 1 is 1.18 bits per heavy atom.